The van der Waals surface area contributed by atoms with E-state index in [0.29, 0.717) is 27.8 Å². The maximum atomic E-state index is 13.0. The zero-order chi connectivity index (χ0) is 27.1. The van der Waals surface area contributed by atoms with E-state index >= 15 is 0 Å². The number of carbonyl (C=O) groups excluding carboxylic acids is 2. The van der Waals surface area contributed by atoms with Gasteiger partial charge in [-0.2, -0.15) is 0 Å². The summed E-state index contributed by atoms with van der Waals surface area (Å²) in [6, 6.07) is 17.7. The van der Waals surface area contributed by atoms with Gasteiger partial charge in [0, 0.05) is 28.2 Å². The molecule has 0 aliphatic heterocycles. The van der Waals surface area contributed by atoms with Crippen molar-refractivity contribution in [1.82, 2.24) is 5.32 Å². The summed E-state index contributed by atoms with van der Waals surface area (Å²) in [4.78, 5) is 25.9. The minimum absolute atomic E-state index is 0.0500. The second-order valence-electron chi connectivity index (χ2n) is 10.1. The molecule has 0 bridgehead atoms. The molecule has 0 unspecified atom stereocenters. The van der Waals surface area contributed by atoms with Gasteiger partial charge in [-0.25, -0.2) is 0 Å². The number of rotatable bonds is 6. The lowest BCUT2D eigenvalue weighted by molar-refractivity contribution is -0.117. The second kappa shape index (κ2) is 10.7. The topological polar surface area (TPSA) is 58.2 Å². The molecule has 0 radical (unpaired) electrons. The fraction of sp³-hybridized carbons (Fsp3) is 0.286. The highest BCUT2D eigenvalue weighted by Crippen LogP contribution is 2.65. The zero-order valence-electron chi connectivity index (χ0n) is 20.3. The number of hydrogen-bond acceptors (Lipinski definition) is 2. The number of anilines is 1. The predicted molar refractivity (Wildman–Crippen MR) is 154 cm³/mol. The van der Waals surface area contributed by atoms with Crippen LogP contribution < -0.4 is 10.6 Å². The van der Waals surface area contributed by atoms with Crippen molar-refractivity contribution in [3.63, 3.8) is 0 Å². The SMILES string of the molecule is CC(C)(C)c1ccc(CNC(=O)c2cc(NC(=O)[C@@H]3[C@@H](c4cc(Cl)cc(Cl)c4)C3(Cl)Cl)ccc2Cl)cc1. The fourth-order valence-corrected chi connectivity index (χ4v) is 5.79. The molecule has 1 aliphatic rings. The third-order valence-corrected chi connectivity index (χ3v) is 8.04. The summed E-state index contributed by atoms with van der Waals surface area (Å²) in [5, 5.41) is 6.79. The van der Waals surface area contributed by atoms with Crippen LogP contribution in [0.4, 0.5) is 5.69 Å². The number of nitrogens with one attached hydrogen (secondary N) is 2. The molecular weight excluding hydrogens is 574 g/mol. The molecule has 37 heavy (non-hydrogen) atoms. The Labute approximate surface area is 241 Å². The summed E-state index contributed by atoms with van der Waals surface area (Å²) in [5.74, 6) is -1.96. The molecule has 0 heterocycles. The van der Waals surface area contributed by atoms with E-state index in [1.54, 1.807) is 30.3 Å². The summed E-state index contributed by atoms with van der Waals surface area (Å²) in [6.45, 7) is 6.78. The Hall–Kier alpha value is -1.95. The van der Waals surface area contributed by atoms with Gasteiger partial charge in [0.2, 0.25) is 5.91 Å². The average Bonchev–Trinajstić information content (AvgIpc) is 3.40. The number of carbonyl (C=O) groups is 2. The quantitative estimate of drug-likeness (QED) is 0.280. The first-order valence-electron chi connectivity index (χ1n) is 11.6. The highest BCUT2D eigenvalue weighted by atomic mass is 35.5. The largest absolute Gasteiger partial charge is 0.348 e. The van der Waals surface area contributed by atoms with E-state index in [-0.39, 0.29) is 21.9 Å². The van der Waals surface area contributed by atoms with Crippen LogP contribution in [0.2, 0.25) is 15.1 Å². The summed E-state index contributed by atoms with van der Waals surface area (Å²) in [7, 11) is 0. The smallest absolute Gasteiger partial charge is 0.253 e. The molecule has 2 atom stereocenters. The van der Waals surface area contributed by atoms with Crippen LogP contribution in [0.3, 0.4) is 0 Å². The molecule has 1 saturated carbocycles. The monoisotopic (exact) mass is 596 g/mol. The van der Waals surface area contributed by atoms with Gasteiger partial charge in [0.05, 0.1) is 16.5 Å². The molecule has 9 heteroatoms. The highest BCUT2D eigenvalue weighted by molar-refractivity contribution is 6.53. The first-order chi connectivity index (χ1) is 17.3. The van der Waals surface area contributed by atoms with E-state index in [1.165, 1.54) is 11.6 Å². The standard InChI is InChI=1S/C28H25Cl5N2O2/c1-27(2,3)17-6-4-15(5-7-17)14-34-25(36)21-13-20(8-9-22(21)31)35-26(37)24-23(28(24,32)33)16-10-18(29)12-19(30)11-16/h4-13,23-24H,14H2,1-3H3,(H,34,36)(H,35,37)/t23-,24+/m1/s1. The van der Waals surface area contributed by atoms with E-state index in [1.807, 2.05) is 12.1 Å². The van der Waals surface area contributed by atoms with Crippen LogP contribution in [0.25, 0.3) is 0 Å². The average molecular weight is 599 g/mol. The van der Waals surface area contributed by atoms with Gasteiger partial charge >= 0.3 is 0 Å². The van der Waals surface area contributed by atoms with Crippen LogP contribution in [-0.4, -0.2) is 16.1 Å². The Balaban J connectivity index is 1.43. The summed E-state index contributed by atoms with van der Waals surface area (Å²) >= 11 is 31.4. The highest BCUT2D eigenvalue weighted by Gasteiger charge is 2.67. The summed E-state index contributed by atoms with van der Waals surface area (Å²) in [6.07, 6.45) is 0. The van der Waals surface area contributed by atoms with Crippen molar-refractivity contribution >= 4 is 75.5 Å². The molecule has 3 aromatic rings. The molecular formula is C28H25Cl5N2O2. The van der Waals surface area contributed by atoms with E-state index in [0.717, 1.165) is 5.56 Å². The van der Waals surface area contributed by atoms with Crippen LogP contribution in [0, 0.1) is 5.92 Å². The fourth-order valence-electron chi connectivity index (χ4n) is 4.22. The number of amides is 2. The van der Waals surface area contributed by atoms with Crippen LogP contribution in [0.5, 0.6) is 0 Å². The predicted octanol–water partition coefficient (Wildman–Crippen LogP) is 8.40. The zero-order valence-corrected chi connectivity index (χ0v) is 24.1. The first kappa shape index (κ1) is 28.1. The minimum atomic E-state index is -1.31. The molecule has 1 fully saturated rings. The Morgan fingerprint density at radius 3 is 2.11 bits per heavy atom. The maximum Gasteiger partial charge on any atom is 0.253 e. The number of hydrogen-bond donors (Lipinski definition) is 2. The summed E-state index contributed by atoms with van der Waals surface area (Å²) in [5.41, 5.74) is 3.53. The molecule has 194 valence electrons. The first-order valence-corrected chi connectivity index (χ1v) is 13.5. The van der Waals surface area contributed by atoms with Crippen LogP contribution in [-0.2, 0) is 16.8 Å². The van der Waals surface area contributed by atoms with E-state index in [4.69, 9.17) is 58.0 Å². The van der Waals surface area contributed by atoms with Crippen molar-refractivity contribution in [3.8, 4) is 0 Å². The molecule has 0 spiro atoms. The lowest BCUT2D eigenvalue weighted by Crippen LogP contribution is -2.24. The Morgan fingerprint density at radius 1 is 0.892 bits per heavy atom. The van der Waals surface area contributed by atoms with Crippen molar-refractivity contribution in [2.75, 3.05) is 5.32 Å². The molecule has 2 amide bonds. The van der Waals surface area contributed by atoms with Gasteiger partial charge in [0.25, 0.3) is 5.91 Å². The lowest BCUT2D eigenvalue weighted by Gasteiger charge is -2.19. The third kappa shape index (κ3) is 6.38. The van der Waals surface area contributed by atoms with Gasteiger partial charge in [0.15, 0.2) is 0 Å². The molecule has 0 aromatic heterocycles. The van der Waals surface area contributed by atoms with Crippen molar-refractivity contribution in [3.05, 3.63) is 98.0 Å². The number of benzene rings is 3. The van der Waals surface area contributed by atoms with Gasteiger partial charge in [-0.1, -0.05) is 79.8 Å². The lowest BCUT2D eigenvalue weighted by atomic mass is 9.87. The normalized spacial score (nSPS) is 18.3. The van der Waals surface area contributed by atoms with Gasteiger partial charge in [-0.15, -0.1) is 23.2 Å². The molecule has 3 aromatic carbocycles. The second-order valence-corrected chi connectivity index (χ2v) is 12.9. The maximum absolute atomic E-state index is 13.0. The van der Waals surface area contributed by atoms with E-state index in [9.17, 15) is 9.59 Å². The number of halogens is 5. The van der Waals surface area contributed by atoms with E-state index in [2.05, 4.69) is 43.5 Å². The number of alkyl halides is 2. The minimum Gasteiger partial charge on any atom is -0.348 e. The molecule has 2 N–H and O–H groups in total. The van der Waals surface area contributed by atoms with Crippen molar-refractivity contribution in [2.45, 2.75) is 43.0 Å². The molecule has 4 rings (SSSR count). The van der Waals surface area contributed by atoms with Gasteiger partial charge in [-0.3, -0.25) is 9.59 Å². The van der Waals surface area contributed by atoms with Gasteiger partial charge in [0.1, 0.15) is 4.33 Å². The Morgan fingerprint density at radius 2 is 1.51 bits per heavy atom. The van der Waals surface area contributed by atoms with Crippen LogP contribution in [0.1, 0.15) is 53.7 Å². The van der Waals surface area contributed by atoms with Crippen LogP contribution in [0.15, 0.2) is 60.7 Å². The molecule has 0 saturated heterocycles. The van der Waals surface area contributed by atoms with Crippen molar-refractivity contribution in [1.29, 1.82) is 0 Å². The third-order valence-electron chi connectivity index (χ3n) is 6.33. The molecule has 1 aliphatic carbocycles. The summed E-state index contributed by atoms with van der Waals surface area (Å²) < 4.78 is -1.31. The van der Waals surface area contributed by atoms with Gasteiger partial charge < -0.3 is 10.6 Å². The van der Waals surface area contributed by atoms with Gasteiger partial charge in [-0.05, 0) is 58.5 Å². The van der Waals surface area contributed by atoms with Crippen molar-refractivity contribution in [2.24, 2.45) is 5.92 Å². The van der Waals surface area contributed by atoms with Crippen molar-refractivity contribution < 1.29 is 9.59 Å². The Kier molecular flexibility index (Phi) is 8.09. The molecule has 4 nitrogen and oxygen atoms in total. The Bertz CT molecular complexity index is 1330. The van der Waals surface area contributed by atoms with E-state index < -0.39 is 22.1 Å². The van der Waals surface area contributed by atoms with Crippen LogP contribution >= 0.6 is 58.0 Å².